The van der Waals surface area contributed by atoms with Crippen molar-refractivity contribution in [3.8, 4) is 0 Å². The van der Waals surface area contributed by atoms with Gasteiger partial charge in [-0.3, -0.25) is 4.79 Å². The molecular weight excluding hydrogens is 384 g/mol. The number of fused-ring (bicyclic) bond motifs is 1. The summed E-state index contributed by atoms with van der Waals surface area (Å²) in [6, 6.07) is 11.7. The first-order valence-electron chi connectivity index (χ1n) is 9.04. The Kier molecular flexibility index (Phi) is 5.89. The smallest absolute Gasteiger partial charge is 0.258 e. The SMILES string of the molecule is CCC(C)NS(=O)(=O)c1ccc2c(c1)CCCN2C(=O)c1cccc(Cl)c1. The Bertz CT molecular complexity index is 959. The normalized spacial score (nSPS) is 15.3. The van der Waals surface area contributed by atoms with Crippen LogP contribution in [0.4, 0.5) is 5.69 Å². The Morgan fingerprint density at radius 1 is 1.26 bits per heavy atom. The van der Waals surface area contributed by atoms with Crippen molar-refractivity contribution >= 4 is 33.2 Å². The number of halogens is 1. The summed E-state index contributed by atoms with van der Waals surface area (Å²) in [4.78, 5) is 14.8. The lowest BCUT2D eigenvalue weighted by atomic mass is 10.0. The van der Waals surface area contributed by atoms with Crippen molar-refractivity contribution in [2.24, 2.45) is 0 Å². The zero-order chi connectivity index (χ0) is 19.6. The molecule has 1 atom stereocenters. The summed E-state index contributed by atoms with van der Waals surface area (Å²) in [7, 11) is -3.57. The lowest BCUT2D eigenvalue weighted by molar-refractivity contribution is 0.0985. The van der Waals surface area contributed by atoms with E-state index in [4.69, 9.17) is 11.6 Å². The standard InChI is InChI=1S/C20H23ClN2O3S/c1-3-14(2)22-27(25,26)18-9-10-19-15(13-18)7-5-11-23(19)20(24)16-6-4-8-17(21)12-16/h4,6,8-10,12-14,22H,3,5,7,11H2,1-2H3. The minimum Gasteiger partial charge on any atom is -0.308 e. The highest BCUT2D eigenvalue weighted by atomic mass is 35.5. The predicted octanol–water partition coefficient (Wildman–Crippen LogP) is 4.01. The van der Waals surface area contributed by atoms with Crippen LogP contribution < -0.4 is 9.62 Å². The largest absolute Gasteiger partial charge is 0.308 e. The van der Waals surface area contributed by atoms with E-state index in [0.29, 0.717) is 23.6 Å². The van der Waals surface area contributed by atoms with E-state index in [1.807, 2.05) is 13.8 Å². The summed E-state index contributed by atoms with van der Waals surface area (Å²) in [6.07, 6.45) is 2.23. The third-order valence-electron chi connectivity index (χ3n) is 4.77. The molecule has 1 unspecified atom stereocenters. The summed E-state index contributed by atoms with van der Waals surface area (Å²) < 4.78 is 27.8. The van der Waals surface area contributed by atoms with Crippen molar-refractivity contribution in [1.82, 2.24) is 4.72 Å². The van der Waals surface area contributed by atoms with E-state index < -0.39 is 10.0 Å². The van der Waals surface area contributed by atoms with Crippen LogP contribution in [0.5, 0.6) is 0 Å². The zero-order valence-corrected chi connectivity index (χ0v) is 17.0. The summed E-state index contributed by atoms with van der Waals surface area (Å²) >= 11 is 6.01. The fraction of sp³-hybridized carbons (Fsp3) is 0.350. The Morgan fingerprint density at radius 2 is 2.04 bits per heavy atom. The average Bonchev–Trinajstić information content (AvgIpc) is 2.66. The highest BCUT2D eigenvalue weighted by Crippen LogP contribution is 2.31. The average molecular weight is 407 g/mol. The van der Waals surface area contributed by atoms with Crippen LogP contribution in [0.2, 0.25) is 5.02 Å². The van der Waals surface area contributed by atoms with Crippen molar-refractivity contribution in [1.29, 1.82) is 0 Å². The molecule has 0 bridgehead atoms. The predicted molar refractivity (Wildman–Crippen MR) is 108 cm³/mol. The van der Waals surface area contributed by atoms with E-state index in [1.54, 1.807) is 47.4 Å². The van der Waals surface area contributed by atoms with E-state index >= 15 is 0 Å². The second-order valence-corrected chi connectivity index (χ2v) is 8.94. The maximum absolute atomic E-state index is 12.9. The van der Waals surface area contributed by atoms with E-state index in [-0.39, 0.29) is 16.8 Å². The topological polar surface area (TPSA) is 66.5 Å². The van der Waals surface area contributed by atoms with Crippen LogP contribution in [0.25, 0.3) is 0 Å². The van der Waals surface area contributed by atoms with Gasteiger partial charge in [0.15, 0.2) is 0 Å². The first-order valence-corrected chi connectivity index (χ1v) is 10.9. The van der Waals surface area contributed by atoms with Gasteiger partial charge in [0.2, 0.25) is 10.0 Å². The monoisotopic (exact) mass is 406 g/mol. The van der Waals surface area contributed by atoms with Crippen molar-refractivity contribution in [3.05, 3.63) is 58.6 Å². The second kappa shape index (κ2) is 8.00. The van der Waals surface area contributed by atoms with Crippen molar-refractivity contribution in [2.75, 3.05) is 11.4 Å². The molecule has 0 fully saturated rings. The number of carbonyl (C=O) groups is 1. The fourth-order valence-electron chi connectivity index (χ4n) is 3.15. The number of sulfonamides is 1. The van der Waals surface area contributed by atoms with Crippen LogP contribution in [0, 0.1) is 0 Å². The number of rotatable bonds is 5. The van der Waals surface area contributed by atoms with Gasteiger partial charge in [0.1, 0.15) is 0 Å². The van der Waals surface area contributed by atoms with Gasteiger partial charge in [-0.05, 0) is 68.1 Å². The molecule has 1 aliphatic rings. The molecule has 0 saturated heterocycles. The number of nitrogens with zero attached hydrogens (tertiary/aromatic N) is 1. The molecule has 0 spiro atoms. The molecule has 1 amide bonds. The molecule has 2 aromatic carbocycles. The Morgan fingerprint density at radius 3 is 2.74 bits per heavy atom. The van der Waals surface area contributed by atoms with Crippen molar-refractivity contribution in [2.45, 2.75) is 44.0 Å². The van der Waals surface area contributed by atoms with Gasteiger partial charge in [0.05, 0.1) is 4.90 Å². The minimum absolute atomic E-state index is 0.132. The zero-order valence-electron chi connectivity index (χ0n) is 15.4. The van der Waals surface area contributed by atoms with Crippen LogP contribution in [0.3, 0.4) is 0 Å². The van der Waals surface area contributed by atoms with Crippen LogP contribution >= 0.6 is 11.6 Å². The number of hydrogen-bond donors (Lipinski definition) is 1. The van der Waals surface area contributed by atoms with Gasteiger partial charge in [-0.25, -0.2) is 13.1 Å². The Hall–Kier alpha value is -1.89. The molecule has 5 nitrogen and oxygen atoms in total. The maximum Gasteiger partial charge on any atom is 0.258 e. The third kappa shape index (κ3) is 4.34. The van der Waals surface area contributed by atoms with Gasteiger partial charge in [-0.1, -0.05) is 24.6 Å². The van der Waals surface area contributed by atoms with E-state index in [9.17, 15) is 13.2 Å². The van der Waals surface area contributed by atoms with Crippen LogP contribution in [-0.2, 0) is 16.4 Å². The van der Waals surface area contributed by atoms with Gasteiger partial charge in [-0.2, -0.15) is 0 Å². The molecule has 1 aliphatic heterocycles. The molecule has 144 valence electrons. The van der Waals surface area contributed by atoms with Gasteiger partial charge in [0, 0.05) is 28.9 Å². The molecule has 1 N–H and O–H groups in total. The molecular formula is C20H23ClN2O3S. The molecule has 0 saturated carbocycles. The molecule has 0 aromatic heterocycles. The summed E-state index contributed by atoms with van der Waals surface area (Å²) in [5.41, 5.74) is 2.14. The van der Waals surface area contributed by atoms with Gasteiger partial charge >= 0.3 is 0 Å². The number of aryl methyl sites for hydroxylation is 1. The van der Waals surface area contributed by atoms with E-state index in [0.717, 1.165) is 24.1 Å². The summed E-state index contributed by atoms with van der Waals surface area (Å²) in [5, 5.41) is 0.510. The lowest BCUT2D eigenvalue weighted by Gasteiger charge is -2.30. The number of anilines is 1. The number of hydrogen-bond acceptors (Lipinski definition) is 3. The maximum atomic E-state index is 12.9. The van der Waals surface area contributed by atoms with Crippen molar-refractivity contribution < 1.29 is 13.2 Å². The van der Waals surface area contributed by atoms with Crippen molar-refractivity contribution in [3.63, 3.8) is 0 Å². The minimum atomic E-state index is -3.57. The second-order valence-electron chi connectivity index (χ2n) is 6.79. The lowest BCUT2D eigenvalue weighted by Crippen LogP contribution is -2.36. The van der Waals surface area contributed by atoms with Gasteiger partial charge in [0.25, 0.3) is 5.91 Å². The first-order chi connectivity index (χ1) is 12.8. The summed E-state index contributed by atoms with van der Waals surface area (Å²) in [6.45, 7) is 4.36. The van der Waals surface area contributed by atoms with E-state index in [1.165, 1.54) is 0 Å². The highest BCUT2D eigenvalue weighted by molar-refractivity contribution is 7.89. The molecule has 3 rings (SSSR count). The first kappa shape index (κ1) is 19.9. The highest BCUT2D eigenvalue weighted by Gasteiger charge is 2.26. The number of benzene rings is 2. The third-order valence-corrected chi connectivity index (χ3v) is 6.59. The van der Waals surface area contributed by atoms with Crippen LogP contribution in [0.1, 0.15) is 42.6 Å². The quantitative estimate of drug-likeness (QED) is 0.815. The van der Waals surface area contributed by atoms with Gasteiger partial charge < -0.3 is 4.90 Å². The number of nitrogens with one attached hydrogen (secondary N) is 1. The Balaban J connectivity index is 1.92. The fourth-order valence-corrected chi connectivity index (χ4v) is 4.71. The van der Waals surface area contributed by atoms with Crippen LogP contribution in [0.15, 0.2) is 47.4 Å². The molecule has 2 aromatic rings. The number of carbonyl (C=O) groups excluding carboxylic acids is 1. The Labute approximate surface area is 165 Å². The molecule has 7 heteroatoms. The molecule has 1 heterocycles. The molecule has 0 aliphatic carbocycles. The molecule has 0 radical (unpaired) electrons. The number of amides is 1. The van der Waals surface area contributed by atoms with E-state index in [2.05, 4.69) is 4.72 Å². The summed E-state index contributed by atoms with van der Waals surface area (Å²) in [5.74, 6) is -0.133. The molecule has 27 heavy (non-hydrogen) atoms. The van der Waals surface area contributed by atoms with Crippen LogP contribution in [-0.4, -0.2) is 26.9 Å². The van der Waals surface area contributed by atoms with Gasteiger partial charge in [-0.15, -0.1) is 0 Å².